The lowest BCUT2D eigenvalue weighted by Gasteiger charge is -2.30. The lowest BCUT2D eigenvalue weighted by atomic mass is 9.91. The molecule has 1 saturated heterocycles. The van der Waals surface area contributed by atoms with E-state index < -0.39 is 24.1 Å². The molecule has 2 saturated carbocycles. The topological polar surface area (TPSA) is 182 Å². The molecule has 3 heterocycles. The van der Waals surface area contributed by atoms with Crippen LogP contribution in [0, 0.1) is 0 Å². The average Bonchev–Trinajstić information content (AvgIpc) is 3.53. The van der Waals surface area contributed by atoms with Crippen molar-refractivity contribution < 1.29 is 37.5 Å². The second-order valence-electron chi connectivity index (χ2n) is 10.1. The number of hydrogen-bond donors (Lipinski definition) is 6. The highest BCUT2D eigenvalue weighted by molar-refractivity contribution is 6.14. The number of carboxylic acid groups (broad SMARTS) is 1. The molecule has 0 radical (unpaired) electrons. The largest absolute Gasteiger partial charge is 0.490 e. The molecule has 41 heavy (non-hydrogen) atoms. The van der Waals surface area contributed by atoms with Gasteiger partial charge in [-0.25, -0.2) is 19.4 Å². The number of carboxylic acids is 1. The zero-order valence-corrected chi connectivity index (χ0v) is 22.2. The van der Waals surface area contributed by atoms with Gasteiger partial charge in [0.1, 0.15) is 17.3 Å². The molecule has 6 N–H and O–H groups in total. The van der Waals surface area contributed by atoms with Crippen LogP contribution < -0.4 is 26.6 Å². The van der Waals surface area contributed by atoms with Crippen LogP contribution in [0.25, 0.3) is 11.7 Å². The van der Waals surface area contributed by atoms with Crippen molar-refractivity contribution in [1.29, 1.82) is 0 Å². The van der Waals surface area contributed by atoms with Crippen molar-refractivity contribution >= 4 is 47.3 Å². The molecule has 222 valence electrons. The zero-order valence-electron chi connectivity index (χ0n) is 22.2. The Kier molecular flexibility index (Phi) is 8.53. The van der Waals surface area contributed by atoms with Gasteiger partial charge in [-0.1, -0.05) is 0 Å². The van der Waals surface area contributed by atoms with Gasteiger partial charge >= 0.3 is 24.2 Å². The summed E-state index contributed by atoms with van der Waals surface area (Å²) < 4.78 is 33.5. The van der Waals surface area contributed by atoms with Crippen LogP contribution in [0.3, 0.4) is 0 Å². The lowest BCUT2D eigenvalue weighted by Crippen LogP contribution is -2.44. The number of nitrogens with zero attached hydrogens (tertiary/aromatic N) is 4. The Morgan fingerprint density at radius 1 is 1.05 bits per heavy atom. The fraction of sp³-hybridized carbons (Fsp3) is 0.500. The molecule has 5 amide bonds. The van der Waals surface area contributed by atoms with Crippen molar-refractivity contribution in [3.63, 3.8) is 0 Å². The molecule has 2 aromatic rings. The summed E-state index contributed by atoms with van der Waals surface area (Å²) in [5.41, 5.74) is 1.38. The third-order valence-corrected chi connectivity index (χ3v) is 6.50. The van der Waals surface area contributed by atoms with Crippen molar-refractivity contribution in [2.75, 3.05) is 24.7 Å². The van der Waals surface area contributed by atoms with E-state index in [4.69, 9.17) is 14.9 Å². The first-order valence-electron chi connectivity index (χ1n) is 12.8. The van der Waals surface area contributed by atoms with E-state index >= 15 is 0 Å². The Morgan fingerprint density at radius 3 is 2.17 bits per heavy atom. The van der Waals surface area contributed by atoms with E-state index in [0.717, 1.165) is 50.2 Å². The fourth-order valence-electron chi connectivity index (χ4n) is 4.23. The maximum atomic E-state index is 12.0. The van der Waals surface area contributed by atoms with Crippen molar-refractivity contribution in [3.8, 4) is 0 Å². The third kappa shape index (κ3) is 7.76. The molecular weight excluding hydrogens is 551 g/mol. The minimum absolute atomic E-state index is 0.0613. The van der Waals surface area contributed by atoms with E-state index in [1.54, 1.807) is 35.8 Å². The Hall–Kier alpha value is -4.57. The van der Waals surface area contributed by atoms with E-state index in [2.05, 4.69) is 31.7 Å². The van der Waals surface area contributed by atoms with Gasteiger partial charge in [-0.05, 0) is 44.6 Å². The van der Waals surface area contributed by atoms with Gasteiger partial charge in [-0.3, -0.25) is 10.1 Å². The highest BCUT2D eigenvalue weighted by atomic mass is 19.4. The first-order valence-corrected chi connectivity index (χ1v) is 12.8. The monoisotopic (exact) mass is 581 g/mol. The number of carbonyl (C=O) groups excluding carboxylic acids is 3. The Labute approximate surface area is 231 Å². The minimum atomic E-state index is -5.08. The SMILES string of the molecule is CN(C)C(=O)N[C@H]1CC[C@H](Nc2cc(NC3CC3)n3ncc(/C=C4\NC(=O)NC4=O)c3n2)CC1.O=C(O)C(F)(F)F. The van der Waals surface area contributed by atoms with Gasteiger partial charge in [0.05, 0.1) is 6.20 Å². The molecule has 2 aromatic heterocycles. The molecule has 0 spiro atoms. The number of hydrogen-bond acceptors (Lipinski definition) is 8. The summed E-state index contributed by atoms with van der Waals surface area (Å²) >= 11 is 0. The van der Waals surface area contributed by atoms with Crippen molar-refractivity contribution in [2.24, 2.45) is 0 Å². The van der Waals surface area contributed by atoms with E-state index in [1.807, 2.05) is 6.07 Å². The van der Waals surface area contributed by atoms with Gasteiger partial charge in [0, 0.05) is 43.9 Å². The number of aliphatic carboxylic acids is 1. The Bertz CT molecular complexity index is 1360. The lowest BCUT2D eigenvalue weighted by molar-refractivity contribution is -0.192. The molecule has 1 aliphatic heterocycles. The average molecular weight is 582 g/mol. The molecule has 5 rings (SSSR count). The first-order chi connectivity index (χ1) is 19.3. The van der Waals surface area contributed by atoms with E-state index in [-0.39, 0.29) is 23.8 Å². The highest BCUT2D eigenvalue weighted by Gasteiger charge is 2.38. The van der Waals surface area contributed by atoms with Crippen molar-refractivity contribution in [2.45, 2.75) is 62.8 Å². The number of amides is 5. The number of alkyl halides is 3. The Morgan fingerprint density at radius 2 is 1.63 bits per heavy atom. The summed E-state index contributed by atoms with van der Waals surface area (Å²) in [5, 5.41) is 26.4. The van der Waals surface area contributed by atoms with Gasteiger partial charge in [-0.2, -0.15) is 22.8 Å². The predicted molar refractivity (Wildman–Crippen MR) is 140 cm³/mol. The number of halogens is 3. The van der Waals surface area contributed by atoms with E-state index in [0.29, 0.717) is 17.3 Å². The smallest absolute Gasteiger partial charge is 0.475 e. The standard InChI is InChI=1S/C22H29N9O3.C2HF3O2/c1-30(2)22(34)26-15-7-3-13(4-8-15)24-17-10-18(25-14-5-6-14)31-19(28-17)12(11-23-31)9-16-20(32)29-21(33)27-16;3-2(4,5)1(6)7/h9-11,13-15,25H,3-8H2,1-2H3,(H,24,28)(H,26,34)(H2,27,29,32,33);(H,6,7)/b16-9-;/t13-,15-;. The summed E-state index contributed by atoms with van der Waals surface area (Å²) in [5.74, 6) is -1.69. The van der Waals surface area contributed by atoms with Crippen LogP contribution in [0.4, 0.5) is 34.4 Å². The fourth-order valence-corrected chi connectivity index (χ4v) is 4.23. The van der Waals surface area contributed by atoms with E-state index in [1.165, 1.54) is 0 Å². The maximum absolute atomic E-state index is 12.0. The molecule has 2 aliphatic carbocycles. The normalized spacial score (nSPS) is 21.4. The van der Waals surface area contributed by atoms with Crippen molar-refractivity contribution in [3.05, 3.63) is 23.5 Å². The zero-order chi connectivity index (χ0) is 29.9. The van der Waals surface area contributed by atoms with Gasteiger partial charge in [0.2, 0.25) is 0 Å². The molecule has 17 heteroatoms. The maximum Gasteiger partial charge on any atom is 0.490 e. The molecule has 0 aromatic carbocycles. The molecular formula is C24H30F3N9O5. The molecule has 0 atom stereocenters. The number of anilines is 2. The first kappa shape index (κ1) is 29.4. The van der Waals surface area contributed by atoms with Gasteiger partial charge in [0.15, 0.2) is 5.65 Å². The van der Waals surface area contributed by atoms with Crippen LogP contribution in [0.5, 0.6) is 0 Å². The third-order valence-electron chi connectivity index (χ3n) is 6.50. The molecule has 0 unspecified atom stereocenters. The van der Waals surface area contributed by atoms with Crippen LogP contribution in [-0.2, 0) is 9.59 Å². The van der Waals surface area contributed by atoms with Crippen LogP contribution in [0.15, 0.2) is 18.0 Å². The quantitative estimate of drug-likeness (QED) is 0.220. The van der Waals surface area contributed by atoms with Gasteiger partial charge in [-0.15, -0.1) is 0 Å². The summed E-state index contributed by atoms with van der Waals surface area (Å²) in [6.45, 7) is 0. The number of imide groups is 1. The predicted octanol–water partition coefficient (Wildman–Crippen LogP) is 2.11. The minimum Gasteiger partial charge on any atom is -0.475 e. The molecule has 14 nitrogen and oxygen atoms in total. The Balaban J connectivity index is 0.000000493. The van der Waals surface area contributed by atoms with Crippen LogP contribution in [0.1, 0.15) is 44.1 Å². The second kappa shape index (κ2) is 11.9. The summed E-state index contributed by atoms with van der Waals surface area (Å²) in [7, 11) is 3.48. The summed E-state index contributed by atoms with van der Waals surface area (Å²) in [4.78, 5) is 50.6. The van der Waals surface area contributed by atoms with Crippen LogP contribution >= 0.6 is 0 Å². The number of rotatable bonds is 6. The van der Waals surface area contributed by atoms with Crippen LogP contribution in [-0.4, -0.2) is 86.9 Å². The number of fused-ring (bicyclic) bond motifs is 1. The number of aromatic nitrogens is 3. The highest BCUT2D eigenvalue weighted by Crippen LogP contribution is 2.29. The number of urea groups is 2. The van der Waals surface area contributed by atoms with Crippen molar-refractivity contribution in [1.82, 2.24) is 35.4 Å². The van der Waals surface area contributed by atoms with Gasteiger partial charge in [0.25, 0.3) is 5.91 Å². The van der Waals surface area contributed by atoms with Gasteiger partial charge < -0.3 is 31.3 Å². The molecule has 3 aliphatic rings. The second-order valence-corrected chi connectivity index (χ2v) is 10.1. The summed E-state index contributed by atoms with van der Waals surface area (Å²) in [6.07, 6.45) is 3.97. The van der Waals surface area contributed by atoms with Crippen LogP contribution in [0.2, 0.25) is 0 Å². The summed E-state index contributed by atoms with van der Waals surface area (Å²) in [6, 6.07) is 2.18. The molecule has 3 fully saturated rings. The number of nitrogens with one attached hydrogen (secondary N) is 5. The number of carbonyl (C=O) groups is 4. The van der Waals surface area contributed by atoms with E-state index in [9.17, 15) is 27.6 Å². The molecule has 0 bridgehead atoms.